The minimum Gasteiger partial charge on any atom is -0.494 e. The molecule has 0 bridgehead atoms. The highest BCUT2D eigenvalue weighted by molar-refractivity contribution is 5.93. The Labute approximate surface area is 194 Å². The molecule has 6 heteroatoms. The highest BCUT2D eigenvalue weighted by atomic mass is 16.6. The Balaban J connectivity index is 1.51. The van der Waals surface area contributed by atoms with Crippen LogP contribution in [0.3, 0.4) is 0 Å². The van der Waals surface area contributed by atoms with Crippen molar-refractivity contribution in [3.8, 4) is 17.2 Å². The molecule has 3 aromatic rings. The molecule has 0 saturated heterocycles. The second-order valence-corrected chi connectivity index (χ2v) is 7.77. The first-order valence-electron chi connectivity index (χ1n) is 10.9. The Morgan fingerprint density at radius 1 is 0.667 bits per heavy atom. The molecular formula is C27H28O6. The van der Waals surface area contributed by atoms with E-state index >= 15 is 0 Å². The van der Waals surface area contributed by atoms with Gasteiger partial charge in [-0.25, -0.2) is 9.59 Å². The van der Waals surface area contributed by atoms with Crippen molar-refractivity contribution in [2.24, 2.45) is 5.92 Å². The molecule has 0 amide bonds. The zero-order valence-corrected chi connectivity index (χ0v) is 18.9. The molecule has 172 valence electrons. The van der Waals surface area contributed by atoms with Gasteiger partial charge in [0.1, 0.15) is 30.5 Å². The van der Waals surface area contributed by atoms with Gasteiger partial charge in [-0.1, -0.05) is 44.2 Å². The third-order valence-corrected chi connectivity index (χ3v) is 4.64. The number of benzene rings is 3. The molecule has 3 aromatic carbocycles. The van der Waals surface area contributed by atoms with E-state index in [4.69, 9.17) is 18.9 Å². The molecule has 3 rings (SSSR count). The zero-order chi connectivity index (χ0) is 23.5. The van der Waals surface area contributed by atoms with Gasteiger partial charge in [0.25, 0.3) is 0 Å². The molecule has 0 N–H and O–H groups in total. The summed E-state index contributed by atoms with van der Waals surface area (Å²) in [6.07, 6.45) is 0.927. The van der Waals surface area contributed by atoms with Gasteiger partial charge in [0.2, 0.25) is 0 Å². The number of carbonyl (C=O) groups is 2. The third-order valence-electron chi connectivity index (χ3n) is 4.64. The van der Waals surface area contributed by atoms with Gasteiger partial charge in [-0.3, -0.25) is 0 Å². The second kappa shape index (κ2) is 12.3. The van der Waals surface area contributed by atoms with Crippen LogP contribution in [-0.2, 0) is 4.74 Å². The molecule has 0 unspecified atom stereocenters. The minimum atomic E-state index is -0.536. The fraction of sp³-hybridized carbons (Fsp3) is 0.259. The molecule has 0 radical (unpaired) electrons. The summed E-state index contributed by atoms with van der Waals surface area (Å²) in [7, 11) is 0. The van der Waals surface area contributed by atoms with E-state index in [0.29, 0.717) is 29.6 Å². The van der Waals surface area contributed by atoms with Gasteiger partial charge in [0, 0.05) is 0 Å². The number of carbonyl (C=O) groups excluding carboxylic acids is 2. The minimum absolute atomic E-state index is 0.0986. The van der Waals surface area contributed by atoms with Gasteiger partial charge < -0.3 is 18.9 Å². The molecule has 0 aliphatic rings. The molecule has 0 atom stereocenters. The highest BCUT2D eigenvalue weighted by Gasteiger charge is 2.13. The van der Waals surface area contributed by atoms with Gasteiger partial charge in [-0.05, 0) is 60.9 Å². The van der Waals surface area contributed by atoms with Crippen LogP contribution in [-0.4, -0.2) is 31.8 Å². The summed E-state index contributed by atoms with van der Waals surface area (Å²) in [4.78, 5) is 24.9. The van der Waals surface area contributed by atoms with E-state index in [-0.39, 0.29) is 24.5 Å². The van der Waals surface area contributed by atoms with Crippen LogP contribution in [0.4, 0.5) is 0 Å². The van der Waals surface area contributed by atoms with E-state index in [9.17, 15) is 9.59 Å². The van der Waals surface area contributed by atoms with Gasteiger partial charge in [-0.2, -0.15) is 0 Å². The average Bonchev–Trinajstić information content (AvgIpc) is 2.82. The number of ether oxygens (including phenoxy) is 4. The van der Waals surface area contributed by atoms with Crippen LogP contribution in [0.2, 0.25) is 0 Å². The first-order chi connectivity index (χ1) is 16.0. The maximum atomic E-state index is 12.6. The lowest BCUT2D eigenvalue weighted by molar-refractivity contribution is 0.0449. The quantitative estimate of drug-likeness (QED) is 0.217. The van der Waals surface area contributed by atoms with Crippen molar-refractivity contribution in [3.63, 3.8) is 0 Å². The number of hydrogen-bond donors (Lipinski definition) is 0. The fourth-order valence-corrected chi connectivity index (χ4v) is 2.87. The first-order valence-corrected chi connectivity index (χ1v) is 10.9. The topological polar surface area (TPSA) is 71.1 Å². The Kier molecular flexibility index (Phi) is 8.88. The van der Waals surface area contributed by atoms with Crippen molar-refractivity contribution in [2.75, 3.05) is 19.8 Å². The van der Waals surface area contributed by atoms with Crippen LogP contribution in [0, 0.1) is 5.92 Å². The van der Waals surface area contributed by atoms with Crippen LogP contribution in [0.5, 0.6) is 17.2 Å². The van der Waals surface area contributed by atoms with Gasteiger partial charge in [-0.15, -0.1) is 0 Å². The molecule has 0 aliphatic heterocycles. The summed E-state index contributed by atoms with van der Waals surface area (Å²) >= 11 is 0. The van der Waals surface area contributed by atoms with Crippen molar-refractivity contribution < 1.29 is 28.5 Å². The number of hydrogen-bond acceptors (Lipinski definition) is 6. The molecule has 0 heterocycles. The van der Waals surface area contributed by atoms with Crippen LogP contribution >= 0.6 is 0 Å². The largest absolute Gasteiger partial charge is 0.494 e. The van der Waals surface area contributed by atoms with Gasteiger partial charge in [0.05, 0.1) is 17.7 Å². The number of rotatable bonds is 11. The van der Waals surface area contributed by atoms with Gasteiger partial charge >= 0.3 is 11.9 Å². The lowest BCUT2D eigenvalue weighted by Crippen LogP contribution is -2.13. The molecule has 6 nitrogen and oxygen atoms in total. The van der Waals surface area contributed by atoms with E-state index in [2.05, 4.69) is 13.8 Å². The lowest BCUT2D eigenvalue weighted by Gasteiger charge is -2.10. The van der Waals surface area contributed by atoms with Crippen molar-refractivity contribution in [1.82, 2.24) is 0 Å². The summed E-state index contributed by atoms with van der Waals surface area (Å²) in [5.41, 5.74) is 0.647. The molecule has 0 aromatic heterocycles. The predicted octanol–water partition coefficient (Wildman–Crippen LogP) is 5.57. The zero-order valence-electron chi connectivity index (χ0n) is 18.9. The summed E-state index contributed by atoms with van der Waals surface area (Å²) in [5.74, 6) is 1.04. The van der Waals surface area contributed by atoms with E-state index in [0.717, 1.165) is 6.42 Å². The molecule has 0 aliphatic carbocycles. The van der Waals surface area contributed by atoms with Crippen molar-refractivity contribution in [1.29, 1.82) is 0 Å². The van der Waals surface area contributed by atoms with Crippen LogP contribution in [0.15, 0.2) is 78.9 Å². The Bertz CT molecular complexity index is 1050. The van der Waals surface area contributed by atoms with E-state index < -0.39 is 11.9 Å². The lowest BCUT2D eigenvalue weighted by atomic mass is 10.1. The SMILES string of the molecule is CC(C)CCOc1cccc(C(=O)Oc2cccc(C(=O)OCCOc3ccccc3)c2)c1. The molecule has 0 spiro atoms. The molecule has 33 heavy (non-hydrogen) atoms. The third kappa shape index (κ3) is 8.00. The molecule has 0 saturated carbocycles. The second-order valence-electron chi connectivity index (χ2n) is 7.77. The van der Waals surface area contributed by atoms with Crippen molar-refractivity contribution in [3.05, 3.63) is 90.0 Å². The van der Waals surface area contributed by atoms with E-state index in [1.54, 1.807) is 42.5 Å². The van der Waals surface area contributed by atoms with E-state index in [1.165, 1.54) is 6.07 Å². The standard InChI is InChI=1S/C27H28O6/c1-20(2)14-15-30-24-12-6-9-22(18-24)27(29)33-25-13-7-8-21(19-25)26(28)32-17-16-31-23-10-4-3-5-11-23/h3-13,18-20H,14-17H2,1-2H3. The predicted molar refractivity (Wildman–Crippen MR) is 125 cm³/mol. The van der Waals surface area contributed by atoms with Crippen LogP contribution in [0.1, 0.15) is 41.0 Å². The Hall–Kier alpha value is -3.80. The molecular weight excluding hydrogens is 420 g/mol. The maximum Gasteiger partial charge on any atom is 0.343 e. The van der Waals surface area contributed by atoms with Crippen LogP contribution in [0.25, 0.3) is 0 Å². The van der Waals surface area contributed by atoms with Crippen molar-refractivity contribution in [2.45, 2.75) is 20.3 Å². The first kappa shape index (κ1) is 23.9. The molecule has 0 fully saturated rings. The Morgan fingerprint density at radius 3 is 2.00 bits per heavy atom. The monoisotopic (exact) mass is 448 g/mol. The van der Waals surface area contributed by atoms with Crippen LogP contribution < -0.4 is 14.2 Å². The number of para-hydroxylation sites is 1. The summed E-state index contributed by atoms with van der Waals surface area (Å²) in [6.45, 7) is 5.16. The van der Waals surface area contributed by atoms with Crippen molar-refractivity contribution >= 4 is 11.9 Å². The number of esters is 2. The highest BCUT2D eigenvalue weighted by Crippen LogP contribution is 2.19. The summed E-state index contributed by atoms with van der Waals surface area (Å²) in [6, 6.07) is 22.4. The average molecular weight is 449 g/mol. The van der Waals surface area contributed by atoms with Gasteiger partial charge in [0.15, 0.2) is 0 Å². The summed E-state index contributed by atoms with van der Waals surface area (Å²) in [5, 5.41) is 0. The normalized spacial score (nSPS) is 10.5. The van der Waals surface area contributed by atoms with E-state index in [1.807, 2.05) is 30.3 Å². The maximum absolute atomic E-state index is 12.6. The Morgan fingerprint density at radius 2 is 1.27 bits per heavy atom. The smallest absolute Gasteiger partial charge is 0.343 e. The fourth-order valence-electron chi connectivity index (χ4n) is 2.87. The summed E-state index contributed by atoms with van der Waals surface area (Å²) < 4.78 is 21.9.